The highest BCUT2D eigenvalue weighted by Crippen LogP contribution is 2.31. The molecule has 0 saturated carbocycles. The SMILES string of the molecule is c1ccc(CN2CCCC2C2CCCN2CC2OCCO2)cc1. The van der Waals surface area contributed by atoms with Gasteiger partial charge < -0.3 is 9.47 Å². The summed E-state index contributed by atoms with van der Waals surface area (Å²) < 4.78 is 11.3. The summed E-state index contributed by atoms with van der Waals surface area (Å²) in [5.74, 6) is 0. The Bertz CT molecular complexity index is 489. The van der Waals surface area contributed by atoms with Gasteiger partial charge in [-0.15, -0.1) is 0 Å². The van der Waals surface area contributed by atoms with Gasteiger partial charge in [-0.05, 0) is 44.3 Å². The molecule has 0 aromatic heterocycles. The average Bonchev–Trinajstić information content (AvgIpc) is 3.31. The quantitative estimate of drug-likeness (QED) is 0.833. The Morgan fingerprint density at radius 2 is 1.52 bits per heavy atom. The third-order valence-corrected chi connectivity index (χ3v) is 5.58. The van der Waals surface area contributed by atoms with Crippen LogP contribution in [-0.2, 0) is 16.0 Å². The van der Waals surface area contributed by atoms with E-state index in [1.54, 1.807) is 0 Å². The molecule has 3 aliphatic rings. The van der Waals surface area contributed by atoms with E-state index in [-0.39, 0.29) is 6.29 Å². The number of ether oxygens (including phenoxy) is 2. The highest BCUT2D eigenvalue weighted by atomic mass is 16.7. The minimum absolute atomic E-state index is 0.000392. The minimum Gasteiger partial charge on any atom is -0.349 e. The fourth-order valence-corrected chi connectivity index (χ4v) is 4.52. The predicted molar refractivity (Wildman–Crippen MR) is 90.2 cm³/mol. The molecule has 0 radical (unpaired) electrons. The monoisotopic (exact) mass is 316 g/mol. The van der Waals surface area contributed by atoms with Gasteiger partial charge >= 0.3 is 0 Å². The predicted octanol–water partition coefficient (Wildman–Crippen LogP) is 2.49. The maximum Gasteiger partial charge on any atom is 0.170 e. The van der Waals surface area contributed by atoms with E-state index < -0.39 is 0 Å². The van der Waals surface area contributed by atoms with Crippen LogP contribution in [0, 0.1) is 0 Å². The summed E-state index contributed by atoms with van der Waals surface area (Å²) in [4.78, 5) is 5.33. The van der Waals surface area contributed by atoms with Crippen LogP contribution in [0.4, 0.5) is 0 Å². The van der Waals surface area contributed by atoms with Crippen LogP contribution in [0.25, 0.3) is 0 Å². The third-order valence-electron chi connectivity index (χ3n) is 5.58. The fraction of sp³-hybridized carbons (Fsp3) is 0.684. The summed E-state index contributed by atoms with van der Waals surface area (Å²) in [5, 5.41) is 0. The molecule has 3 fully saturated rings. The van der Waals surface area contributed by atoms with Crippen molar-refractivity contribution in [3.05, 3.63) is 35.9 Å². The van der Waals surface area contributed by atoms with Crippen molar-refractivity contribution < 1.29 is 9.47 Å². The number of benzene rings is 1. The Hall–Kier alpha value is -0.940. The molecule has 4 rings (SSSR count). The summed E-state index contributed by atoms with van der Waals surface area (Å²) in [5.41, 5.74) is 1.44. The lowest BCUT2D eigenvalue weighted by molar-refractivity contribution is -0.0678. The molecule has 23 heavy (non-hydrogen) atoms. The molecular formula is C19H28N2O2. The minimum atomic E-state index is -0.000392. The molecule has 1 aromatic rings. The molecule has 1 aromatic carbocycles. The van der Waals surface area contributed by atoms with Gasteiger partial charge in [0, 0.05) is 25.2 Å². The molecule has 4 nitrogen and oxygen atoms in total. The van der Waals surface area contributed by atoms with Crippen LogP contribution in [-0.4, -0.2) is 61.0 Å². The fourth-order valence-electron chi connectivity index (χ4n) is 4.52. The van der Waals surface area contributed by atoms with E-state index in [4.69, 9.17) is 9.47 Å². The van der Waals surface area contributed by atoms with Crippen LogP contribution in [0.2, 0.25) is 0 Å². The number of likely N-dealkylation sites (tertiary alicyclic amines) is 2. The highest BCUT2D eigenvalue weighted by Gasteiger charge is 2.38. The summed E-state index contributed by atoms with van der Waals surface area (Å²) in [6.45, 7) is 5.98. The van der Waals surface area contributed by atoms with Crippen LogP contribution >= 0.6 is 0 Å². The van der Waals surface area contributed by atoms with Gasteiger partial charge in [-0.3, -0.25) is 9.80 Å². The Balaban J connectivity index is 1.40. The van der Waals surface area contributed by atoms with E-state index in [0.29, 0.717) is 12.1 Å². The standard InChI is InChI=1S/C19H28N2O2/c1-2-6-16(7-3-1)14-20-10-4-8-17(20)18-9-5-11-21(18)15-19-22-12-13-23-19/h1-3,6-7,17-19H,4-5,8-15H2. The van der Waals surface area contributed by atoms with Gasteiger partial charge in [0.15, 0.2) is 6.29 Å². The summed E-state index contributed by atoms with van der Waals surface area (Å²) in [6, 6.07) is 12.3. The van der Waals surface area contributed by atoms with Crippen LogP contribution in [0.5, 0.6) is 0 Å². The van der Waals surface area contributed by atoms with Gasteiger partial charge in [-0.2, -0.15) is 0 Å². The normalized spacial score (nSPS) is 30.4. The van der Waals surface area contributed by atoms with Crippen LogP contribution in [0.15, 0.2) is 30.3 Å². The number of rotatable bonds is 5. The van der Waals surface area contributed by atoms with Crippen LogP contribution in [0.1, 0.15) is 31.2 Å². The van der Waals surface area contributed by atoms with Crippen molar-refractivity contribution in [2.45, 2.75) is 50.6 Å². The Morgan fingerprint density at radius 1 is 0.870 bits per heavy atom. The first kappa shape index (κ1) is 15.6. The molecule has 3 aliphatic heterocycles. The van der Waals surface area contributed by atoms with Crippen molar-refractivity contribution >= 4 is 0 Å². The van der Waals surface area contributed by atoms with Gasteiger partial charge in [0.1, 0.15) is 0 Å². The number of hydrogen-bond donors (Lipinski definition) is 0. The first-order valence-electron chi connectivity index (χ1n) is 9.15. The maximum absolute atomic E-state index is 5.67. The van der Waals surface area contributed by atoms with E-state index in [1.165, 1.54) is 44.3 Å². The molecule has 0 bridgehead atoms. The topological polar surface area (TPSA) is 24.9 Å². The maximum atomic E-state index is 5.67. The molecule has 126 valence electrons. The van der Waals surface area contributed by atoms with E-state index in [1.807, 2.05) is 0 Å². The number of nitrogens with zero attached hydrogens (tertiary/aromatic N) is 2. The van der Waals surface area contributed by atoms with E-state index in [2.05, 4.69) is 40.1 Å². The zero-order valence-corrected chi connectivity index (χ0v) is 13.9. The lowest BCUT2D eigenvalue weighted by Gasteiger charge is -2.35. The molecule has 0 aliphatic carbocycles. The first-order chi connectivity index (χ1) is 11.4. The van der Waals surface area contributed by atoms with Gasteiger partial charge in [0.05, 0.1) is 13.2 Å². The second-order valence-corrected chi connectivity index (χ2v) is 7.04. The smallest absolute Gasteiger partial charge is 0.170 e. The second-order valence-electron chi connectivity index (χ2n) is 7.04. The van der Waals surface area contributed by atoms with Gasteiger partial charge in [-0.25, -0.2) is 0 Å². The lowest BCUT2D eigenvalue weighted by atomic mass is 10.0. The molecule has 3 saturated heterocycles. The molecule has 3 heterocycles. The van der Waals surface area contributed by atoms with Crippen molar-refractivity contribution in [2.24, 2.45) is 0 Å². The number of hydrogen-bond acceptors (Lipinski definition) is 4. The van der Waals surface area contributed by atoms with Crippen molar-refractivity contribution in [3.63, 3.8) is 0 Å². The zero-order chi connectivity index (χ0) is 15.5. The van der Waals surface area contributed by atoms with Gasteiger partial charge in [-0.1, -0.05) is 30.3 Å². The van der Waals surface area contributed by atoms with E-state index >= 15 is 0 Å². The Labute approximate surface area is 139 Å². The summed E-state index contributed by atoms with van der Waals surface area (Å²) >= 11 is 0. The van der Waals surface area contributed by atoms with E-state index in [0.717, 1.165) is 26.3 Å². The van der Waals surface area contributed by atoms with Crippen molar-refractivity contribution in [2.75, 3.05) is 32.8 Å². The van der Waals surface area contributed by atoms with Crippen LogP contribution in [0.3, 0.4) is 0 Å². The zero-order valence-electron chi connectivity index (χ0n) is 13.9. The average molecular weight is 316 g/mol. The van der Waals surface area contributed by atoms with E-state index in [9.17, 15) is 0 Å². The third kappa shape index (κ3) is 3.61. The van der Waals surface area contributed by atoms with Crippen molar-refractivity contribution in [1.82, 2.24) is 9.80 Å². The van der Waals surface area contributed by atoms with Gasteiger partial charge in [0.2, 0.25) is 0 Å². The molecular weight excluding hydrogens is 288 g/mol. The molecule has 0 spiro atoms. The molecule has 0 amide bonds. The highest BCUT2D eigenvalue weighted by molar-refractivity contribution is 5.15. The lowest BCUT2D eigenvalue weighted by Crippen LogP contribution is -2.48. The molecule has 0 N–H and O–H groups in total. The van der Waals surface area contributed by atoms with Gasteiger partial charge in [0.25, 0.3) is 0 Å². The summed E-state index contributed by atoms with van der Waals surface area (Å²) in [7, 11) is 0. The largest absolute Gasteiger partial charge is 0.349 e. The van der Waals surface area contributed by atoms with Crippen LogP contribution < -0.4 is 0 Å². The molecule has 2 unspecified atom stereocenters. The van der Waals surface area contributed by atoms with Crippen molar-refractivity contribution in [1.29, 1.82) is 0 Å². The summed E-state index contributed by atoms with van der Waals surface area (Å²) in [6.07, 6.45) is 5.30. The molecule has 2 atom stereocenters. The Kier molecular flexibility index (Phi) is 4.95. The second kappa shape index (κ2) is 7.31. The molecule has 4 heteroatoms. The Morgan fingerprint density at radius 3 is 2.26 bits per heavy atom. The first-order valence-corrected chi connectivity index (χ1v) is 9.15. The van der Waals surface area contributed by atoms with Crippen molar-refractivity contribution in [3.8, 4) is 0 Å².